The summed E-state index contributed by atoms with van der Waals surface area (Å²) in [6.45, 7) is 0.842. The average molecular weight is 170 g/mol. The molecule has 0 spiro atoms. The van der Waals surface area contributed by atoms with E-state index in [9.17, 15) is 5.11 Å². The van der Waals surface area contributed by atoms with Crippen LogP contribution in [0.25, 0.3) is 0 Å². The smallest absolute Gasteiger partial charge is 0.0891 e. The summed E-state index contributed by atoms with van der Waals surface area (Å²) in [6, 6.07) is 0. The summed E-state index contributed by atoms with van der Waals surface area (Å²) >= 11 is 0. The molecule has 68 valence electrons. The molecule has 1 saturated carbocycles. The number of ether oxygens (including phenoxy) is 2. The van der Waals surface area contributed by atoms with E-state index in [0.717, 1.165) is 25.9 Å². The zero-order valence-electron chi connectivity index (χ0n) is 6.98. The molecule has 0 aromatic heterocycles. The molecule has 5 atom stereocenters. The lowest BCUT2D eigenvalue weighted by molar-refractivity contribution is 0.0213. The molecule has 5 unspecified atom stereocenters. The van der Waals surface area contributed by atoms with Gasteiger partial charge < -0.3 is 14.6 Å². The summed E-state index contributed by atoms with van der Waals surface area (Å²) in [7, 11) is 0. The highest BCUT2D eigenvalue weighted by atomic mass is 16.6. The second kappa shape index (κ2) is 2.44. The number of hydrogen-bond donors (Lipinski definition) is 1. The molecular weight excluding hydrogens is 156 g/mol. The molecule has 0 aromatic rings. The van der Waals surface area contributed by atoms with E-state index in [1.807, 2.05) is 0 Å². The van der Waals surface area contributed by atoms with E-state index in [1.165, 1.54) is 0 Å². The second-order valence-electron chi connectivity index (χ2n) is 4.13. The van der Waals surface area contributed by atoms with Gasteiger partial charge in [0.1, 0.15) is 0 Å². The number of aliphatic hydroxyl groups is 1. The fraction of sp³-hybridized carbons (Fsp3) is 1.00. The summed E-state index contributed by atoms with van der Waals surface area (Å²) in [6.07, 6.45) is 3.53. The Kier molecular flexibility index (Phi) is 1.48. The molecule has 0 bridgehead atoms. The Morgan fingerprint density at radius 2 is 2.08 bits per heavy atom. The van der Waals surface area contributed by atoms with Crippen molar-refractivity contribution in [1.29, 1.82) is 0 Å². The van der Waals surface area contributed by atoms with Crippen LogP contribution in [0.3, 0.4) is 0 Å². The molecule has 1 N–H and O–H groups in total. The molecular formula is C9H14O3. The second-order valence-corrected chi connectivity index (χ2v) is 4.13. The molecule has 0 radical (unpaired) electrons. The van der Waals surface area contributed by atoms with Crippen molar-refractivity contribution in [2.24, 2.45) is 5.92 Å². The van der Waals surface area contributed by atoms with Crippen molar-refractivity contribution in [3.05, 3.63) is 0 Å². The highest BCUT2D eigenvalue weighted by molar-refractivity contribution is 4.99. The van der Waals surface area contributed by atoms with E-state index in [0.29, 0.717) is 18.1 Å². The Morgan fingerprint density at radius 3 is 3.00 bits per heavy atom. The lowest BCUT2D eigenvalue weighted by Crippen LogP contribution is -2.23. The molecule has 3 heteroatoms. The number of fused-ring (bicyclic) bond motifs is 3. The molecule has 2 heterocycles. The van der Waals surface area contributed by atoms with Crippen molar-refractivity contribution in [3.8, 4) is 0 Å². The van der Waals surface area contributed by atoms with Crippen LogP contribution in [-0.4, -0.2) is 36.1 Å². The third-order valence-corrected chi connectivity index (χ3v) is 3.38. The Hall–Kier alpha value is -0.120. The van der Waals surface area contributed by atoms with Crippen molar-refractivity contribution in [1.82, 2.24) is 0 Å². The molecule has 3 aliphatic rings. The highest BCUT2D eigenvalue weighted by Gasteiger charge is 2.51. The van der Waals surface area contributed by atoms with Gasteiger partial charge in [0.2, 0.25) is 0 Å². The maximum absolute atomic E-state index is 9.42. The summed E-state index contributed by atoms with van der Waals surface area (Å²) < 4.78 is 11.4. The van der Waals surface area contributed by atoms with Crippen LogP contribution in [0.1, 0.15) is 19.3 Å². The van der Waals surface area contributed by atoms with Crippen LogP contribution < -0.4 is 0 Å². The van der Waals surface area contributed by atoms with Gasteiger partial charge in [-0.3, -0.25) is 0 Å². The zero-order chi connectivity index (χ0) is 8.13. The van der Waals surface area contributed by atoms with Crippen LogP contribution in [0, 0.1) is 5.92 Å². The van der Waals surface area contributed by atoms with E-state index in [2.05, 4.69) is 0 Å². The monoisotopic (exact) mass is 170 g/mol. The molecule has 12 heavy (non-hydrogen) atoms. The maximum Gasteiger partial charge on any atom is 0.0891 e. The van der Waals surface area contributed by atoms with E-state index < -0.39 is 0 Å². The van der Waals surface area contributed by atoms with Crippen molar-refractivity contribution < 1.29 is 14.6 Å². The number of rotatable bonds is 0. The van der Waals surface area contributed by atoms with Crippen LogP contribution in [0.5, 0.6) is 0 Å². The first-order chi connectivity index (χ1) is 5.84. The SMILES string of the molecule is OC1CC2OC3CCOC3C2C1. The predicted octanol–water partition coefficient (Wildman–Crippen LogP) is 0.314. The van der Waals surface area contributed by atoms with E-state index >= 15 is 0 Å². The van der Waals surface area contributed by atoms with E-state index in [1.54, 1.807) is 0 Å². The van der Waals surface area contributed by atoms with Gasteiger partial charge in [0.25, 0.3) is 0 Å². The van der Waals surface area contributed by atoms with Gasteiger partial charge in [-0.15, -0.1) is 0 Å². The fourth-order valence-corrected chi connectivity index (χ4v) is 2.87. The molecule has 2 aliphatic heterocycles. The van der Waals surface area contributed by atoms with E-state index in [-0.39, 0.29) is 12.2 Å². The third kappa shape index (κ3) is 0.873. The molecule has 3 nitrogen and oxygen atoms in total. The molecule has 0 aromatic carbocycles. The van der Waals surface area contributed by atoms with Crippen LogP contribution in [0.4, 0.5) is 0 Å². The maximum atomic E-state index is 9.42. The average Bonchev–Trinajstić information content (AvgIpc) is 2.59. The van der Waals surface area contributed by atoms with Gasteiger partial charge in [-0.2, -0.15) is 0 Å². The largest absolute Gasteiger partial charge is 0.393 e. The lowest BCUT2D eigenvalue weighted by atomic mass is 9.98. The topological polar surface area (TPSA) is 38.7 Å². The molecule has 0 amide bonds. The highest BCUT2D eigenvalue weighted by Crippen LogP contribution is 2.44. The van der Waals surface area contributed by atoms with Crippen LogP contribution in [-0.2, 0) is 9.47 Å². The Balaban J connectivity index is 1.80. The summed E-state index contributed by atoms with van der Waals surface area (Å²) in [5.41, 5.74) is 0. The first-order valence-electron chi connectivity index (χ1n) is 4.80. The van der Waals surface area contributed by atoms with Gasteiger partial charge in [0.15, 0.2) is 0 Å². The van der Waals surface area contributed by atoms with Crippen LogP contribution in [0.15, 0.2) is 0 Å². The fourth-order valence-electron chi connectivity index (χ4n) is 2.87. The molecule has 1 aliphatic carbocycles. The first-order valence-corrected chi connectivity index (χ1v) is 4.80. The lowest BCUT2D eigenvalue weighted by Gasteiger charge is -2.13. The summed E-state index contributed by atoms with van der Waals surface area (Å²) in [5, 5.41) is 9.42. The normalized spacial score (nSPS) is 57.2. The van der Waals surface area contributed by atoms with Crippen LogP contribution in [0.2, 0.25) is 0 Å². The van der Waals surface area contributed by atoms with E-state index in [4.69, 9.17) is 9.47 Å². The minimum Gasteiger partial charge on any atom is -0.393 e. The Labute approximate surface area is 71.7 Å². The van der Waals surface area contributed by atoms with Gasteiger partial charge in [0.05, 0.1) is 24.4 Å². The standard InChI is InChI=1S/C9H14O3/c10-5-3-6-8(4-5)12-7-1-2-11-9(6)7/h5-10H,1-4H2. The number of aliphatic hydroxyl groups excluding tert-OH is 1. The molecule has 2 saturated heterocycles. The zero-order valence-corrected chi connectivity index (χ0v) is 6.98. The van der Waals surface area contributed by atoms with Crippen molar-refractivity contribution in [3.63, 3.8) is 0 Å². The third-order valence-electron chi connectivity index (χ3n) is 3.38. The minimum atomic E-state index is -0.148. The summed E-state index contributed by atoms with van der Waals surface area (Å²) in [5.74, 6) is 0.479. The van der Waals surface area contributed by atoms with Gasteiger partial charge in [-0.25, -0.2) is 0 Å². The number of hydrogen-bond acceptors (Lipinski definition) is 3. The van der Waals surface area contributed by atoms with Crippen molar-refractivity contribution in [2.75, 3.05) is 6.61 Å². The van der Waals surface area contributed by atoms with Crippen molar-refractivity contribution in [2.45, 2.75) is 43.7 Å². The predicted molar refractivity (Wildman–Crippen MR) is 41.7 cm³/mol. The van der Waals surface area contributed by atoms with Crippen molar-refractivity contribution >= 4 is 0 Å². The van der Waals surface area contributed by atoms with Crippen LogP contribution >= 0.6 is 0 Å². The Bertz CT molecular complexity index is 194. The first kappa shape index (κ1) is 7.30. The minimum absolute atomic E-state index is 0.148. The van der Waals surface area contributed by atoms with Gasteiger partial charge in [0, 0.05) is 12.5 Å². The Morgan fingerprint density at radius 1 is 1.17 bits per heavy atom. The quantitative estimate of drug-likeness (QED) is 0.568. The molecule has 3 fully saturated rings. The summed E-state index contributed by atoms with van der Waals surface area (Å²) in [4.78, 5) is 0. The van der Waals surface area contributed by atoms with Gasteiger partial charge in [-0.05, 0) is 19.3 Å². The van der Waals surface area contributed by atoms with Gasteiger partial charge in [-0.1, -0.05) is 0 Å². The molecule has 3 rings (SSSR count). The van der Waals surface area contributed by atoms with Gasteiger partial charge >= 0.3 is 0 Å².